The van der Waals surface area contributed by atoms with Gasteiger partial charge in [0.15, 0.2) is 0 Å². The van der Waals surface area contributed by atoms with Gasteiger partial charge in [0, 0.05) is 24.1 Å². The van der Waals surface area contributed by atoms with Gasteiger partial charge in [0.1, 0.15) is 17.5 Å². The van der Waals surface area contributed by atoms with Gasteiger partial charge in [-0.25, -0.2) is 9.97 Å². The maximum absolute atomic E-state index is 5.96. The average molecular weight is 262 g/mol. The van der Waals surface area contributed by atoms with E-state index >= 15 is 0 Å². The van der Waals surface area contributed by atoms with Gasteiger partial charge in [0.2, 0.25) is 0 Å². The number of hydrogen-bond acceptors (Lipinski definition) is 4. The number of anilines is 2. The highest BCUT2D eigenvalue weighted by Gasteiger charge is 2.27. The molecule has 19 heavy (non-hydrogen) atoms. The molecule has 1 saturated carbocycles. The number of nitrogens with zero attached hydrogens (tertiary/aromatic N) is 3. The zero-order valence-electron chi connectivity index (χ0n) is 12.8. The quantitative estimate of drug-likeness (QED) is 0.906. The molecule has 4 nitrogen and oxygen atoms in total. The molecule has 0 saturated heterocycles. The Labute approximate surface area is 116 Å². The SMILES string of the molecule is CC(C)N(CC1CC1)c1cc(N)nc(C(C)(C)C)n1. The van der Waals surface area contributed by atoms with Crippen molar-refractivity contribution >= 4 is 11.6 Å². The van der Waals surface area contributed by atoms with Crippen LogP contribution in [0.4, 0.5) is 11.6 Å². The molecule has 1 aromatic heterocycles. The zero-order valence-corrected chi connectivity index (χ0v) is 12.8. The van der Waals surface area contributed by atoms with Crippen molar-refractivity contribution in [1.82, 2.24) is 9.97 Å². The fourth-order valence-corrected chi connectivity index (χ4v) is 2.08. The molecule has 2 N–H and O–H groups in total. The van der Waals surface area contributed by atoms with Crippen molar-refractivity contribution in [3.8, 4) is 0 Å². The van der Waals surface area contributed by atoms with Crippen molar-refractivity contribution in [3.63, 3.8) is 0 Å². The van der Waals surface area contributed by atoms with Crippen LogP contribution in [0, 0.1) is 5.92 Å². The average Bonchev–Trinajstić information content (AvgIpc) is 3.07. The molecule has 0 radical (unpaired) electrons. The first-order valence-corrected chi connectivity index (χ1v) is 7.19. The van der Waals surface area contributed by atoms with E-state index in [2.05, 4.69) is 44.5 Å². The Balaban J connectivity index is 2.32. The molecule has 0 aromatic carbocycles. The third-order valence-electron chi connectivity index (χ3n) is 3.47. The van der Waals surface area contributed by atoms with Crippen molar-refractivity contribution in [2.45, 2.75) is 58.9 Å². The Bertz CT molecular complexity index is 444. The zero-order chi connectivity index (χ0) is 14.2. The predicted octanol–water partition coefficient (Wildman–Crippen LogP) is 2.98. The lowest BCUT2D eigenvalue weighted by Crippen LogP contribution is -2.34. The van der Waals surface area contributed by atoms with Gasteiger partial charge in [0.25, 0.3) is 0 Å². The van der Waals surface area contributed by atoms with E-state index in [1.165, 1.54) is 12.8 Å². The molecule has 1 aliphatic rings. The smallest absolute Gasteiger partial charge is 0.138 e. The maximum atomic E-state index is 5.96. The summed E-state index contributed by atoms with van der Waals surface area (Å²) < 4.78 is 0. The fourth-order valence-electron chi connectivity index (χ4n) is 2.08. The van der Waals surface area contributed by atoms with Gasteiger partial charge in [-0.05, 0) is 32.6 Å². The number of nitrogens with two attached hydrogens (primary N) is 1. The van der Waals surface area contributed by atoms with Crippen LogP contribution in [-0.2, 0) is 5.41 Å². The van der Waals surface area contributed by atoms with Gasteiger partial charge < -0.3 is 10.6 Å². The van der Waals surface area contributed by atoms with E-state index in [1.807, 2.05) is 6.07 Å². The molecule has 1 aromatic rings. The first-order chi connectivity index (χ1) is 8.77. The van der Waals surface area contributed by atoms with Crippen molar-refractivity contribution < 1.29 is 0 Å². The molecular weight excluding hydrogens is 236 g/mol. The Hall–Kier alpha value is -1.32. The van der Waals surface area contributed by atoms with E-state index in [4.69, 9.17) is 10.7 Å². The minimum atomic E-state index is -0.0770. The van der Waals surface area contributed by atoms with E-state index < -0.39 is 0 Å². The minimum Gasteiger partial charge on any atom is -0.384 e. The van der Waals surface area contributed by atoms with Crippen LogP contribution in [0.3, 0.4) is 0 Å². The number of nitrogen functional groups attached to an aromatic ring is 1. The summed E-state index contributed by atoms with van der Waals surface area (Å²) >= 11 is 0. The van der Waals surface area contributed by atoms with E-state index in [1.54, 1.807) is 0 Å². The van der Waals surface area contributed by atoms with E-state index in [-0.39, 0.29) is 5.41 Å². The molecule has 0 unspecified atom stereocenters. The summed E-state index contributed by atoms with van der Waals surface area (Å²) in [5.74, 6) is 3.19. The summed E-state index contributed by atoms with van der Waals surface area (Å²) in [6.45, 7) is 11.8. The highest BCUT2D eigenvalue weighted by atomic mass is 15.2. The van der Waals surface area contributed by atoms with Crippen LogP contribution in [0.25, 0.3) is 0 Å². The second-order valence-corrected chi connectivity index (χ2v) is 6.91. The number of rotatable bonds is 4. The minimum absolute atomic E-state index is 0.0770. The normalized spacial score (nSPS) is 15.9. The highest BCUT2D eigenvalue weighted by Crippen LogP contribution is 2.32. The van der Waals surface area contributed by atoms with Crippen LogP contribution in [0.2, 0.25) is 0 Å². The molecule has 1 fully saturated rings. The van der Waals surface area contributed by atoms with Crippen LogP contribution in [0.15, 0.2) is 6.07 Å². The standard InChI is InChI=1S/C15H26N4/c1-10(2)19(9-11-6-7-11)13-8-12(16)17-14(18-13)15(3,4)5/h8,10-11H,6-7,9H2,1-5H3,(H2,16,17,18). The van der Waals surface area contributed by atoms with Gasteiger partial charge in [-0.1, -0.05) is 20.8 Å². The highest BCUT2D eigenvalue weighted by molar-refractivity contribution is 5.48. The predicted molar refractivity (Wildman–Crippen MR) is 80.4 cm³/mol. The van der Waals surface area contributed by atoms with Crippen LogP contribution in [-0.4, -0.2) is 22.6 Å². The summed E-state index contributed by atoms with van der Waals surface area (Å²) in [6.07, 6.45) is 2.69. The first-order valence-electron chi connectivity index (χ1n) is 7.19. The van der Waals surface area contributed by atoms with Gasteiger partial charge in [0.05, 0.1) is 0 Å². The molecule has 1 aliphatic carbocycles. The molecule has 0 spiro atoms. The lowest BCUT2D eigenvalue weighted by Gasteiger charge is -2.29. The van der Waals surface area contributed by atoms with Crippen LogP contribution in [0.1, 0.15) is 53.3 Å². The topological polar surface area (TPSA) is 55.0 Å². The number of aromatic nitrogens is 2. The molecule has 2 rings (SSSR count). The van der Waals surface area contributed by atoms with Crippen LogP contribution < -0.4 is 10.6 Å². The molecule has 0 bridgehead atoms. The van der Waals surface area contributed by atoms with E-state index in [0.717, 1.165) is 24.1 Å². The molecule has 0 atom stereocenters. The third kappa shape index (κ3) is 3.58. The fraction of sp³-hybridized carbons (Fsp3) is 0.733. The third-order valence-corrected chi connectivity index (χ3v) is 3.47. The van der Waals surface area contributed by atoms with Crippen LogP contribution >= 0.6 is 0 Å². The monoisotopic (exact) mass is 262 g/mol. The molecule has 4 heteroatoms. The molecule has 106 valence electrons. The first kappa shape index (κ1) is 14.1. The Morgan fingerprint density at radius 1 is 1.32 bits per heavy atom. The molecule has 0 amide bonds. The summed E-state index contributed by atoms with van der Waals surface area (Å²) in [6, 6.07) is 2.33. The largest absolute Gasteiger partial charge is 0.384 e. The van der Waals surface area contributed by atoms with Crippen molar-refractivity contribution in [2.75, 3.05) is 17.2 Å². The lowest BCUT2D eigenvalue weighted by atomic mass is 9.96. The van der Waals surface area contributed by atoms with Gasteiger partial charge in [-0.3, -0.25) is 0 Å². The summed E-state index contributed by atoms with van der Waals surface area (Å²) in [7, 11) is 0. The van der Waals surface area contributed by atoms with Crippen molar-refractivity contribution in [1.29, 1.82) is 0 Å². The molecule has 1 heterocycles. The van der Waals surface area contributed by atoms with Gasteiger partial charge >= 0.3 is 0 Å². The molecule has 0 aliphatic heterocycles. The maximum Gasteiger partial charge on any atom is 0.138 e. The summed E-state index contributed by atoms with van der Waals surface area (Å²) in [5.41, 5.74) is 5.89. The second-order valence-electron chi connectivity index (χ2n) is 6.91. The summed E-state index contributed by atoms with van der Waals surface area (Å²) in [5, 5.41) is 0. The van der Waals surface area contributed by atoms with E-state index in [0.29, 0.717) is 11.9 Å². The lowest BCUT2D eigenvalue weighted by molar-refractivity contribution is 0.541. The second kappa shape index (κ2) is 4.99. The Morgan fingerprint density at radius 3 is 2.42 bits per heavy atom. The Morgan fingerprint density at radius 2 is 1.95 bits per heavy atom. The number of hydrogen-bond donors (Lipinski definition) is 1. The van der Waals surface area contributed by atoms with Gasteiger partial charge in [-0.2, -0.15) is 0 Å². The van der Waals surface area contributed by atoms with Crippen molar-refractivity contribution in [2.24, 2.45) is 5.92 Å². The Kier molecular flexibility index (Phi) is 3.70. The van der Waals surface area contributed by atoms with Gasteiger partial charge in [-0.15, -0.1) is 0 Å². The van der Waals surface area contributed by atoms with Crippen LogP contribution in [0.5, 0.6) is 0 Å². The van der Waals surface area contributed by atoms with Crippen molar-refractivity contribution in [3.05, 3.63) is 11.9 Å². The molecular formula is C15H26N4. The summed E-state index contributed by atoms with van der Waals surface area (Å²) in [4.78, 5) is 11.5. The van der Waals surface area contributed by atoms with E-state index in [9.17, 15) is 0 Å².